The lowest BCUT2D eigenvalue weighted by Crippen LogP contribution is -1.75. The second kappa shape index (κ2) is 10.5. The van der Waals surface area contributed by atoms with E-state index in [1.807, 2.05) is 44.2 Å². The van der Waals surface area contributed by atoms with E-state index in [1.165, 1.54) is 0 Å². The first kappa shape index (κ1) is 14.1. The van der Waals surface area contributed by atoms with Gasteiger partial charge in [0.15, 0.2) is 0 Å². The largest absolute Gasteiger partial charge is 0.330 e. The standard InChI is InChI=1S/C7H8OS.C2H6.CH4/c8-9-6-7-4-2-1-3-5-7;1-2;/h1-5,8H,6H2;1-2H3;1H4. The first-order valence-electron chi connectivity index (χ1n) is 3.74. The highest BCUT2D eigenvalue weighted by molar-refractivity contribution is 7.92. The molecule has 1 aromatic carbocycles. The summed E-state index contributed by atoms with van der Waals surface area (Å²) in [5, 5.41) is 0. The maximum absolute atomic E-state index is 8.44. The molecule has 0 bridgehead atoms. The van der Waals surface area contributed by atoms with Gasteiger partial charge in [-0.15, -0.1) is 0 Å². The summed E-state index contributed by atoms with van der Waals surface area (Å²) < 4.78 is 8.44. The molecule has 0 amide bonds. The summed E-state index contributed by atoms with van der Waals surface area (Å²) in [5.74, 6) is 0.681. The van der Waals surface area contributed by atoms with Gasteiger partial charge in [-0.25, -0.2) is 0 Å². The zero-order valence-electron chi connectivity index (χ0n) is 6.95. The van der Waals surface area contributed by atoms with Crippen LogP contribution in [0.3, 0.4) is 0 Å². The zero-order chi connectivity index (χ0) is 8.53. The molecule has 0 aromatic heterocycles. The smallest absolute Gasteiger partial charge is 0.0446 e. The van der Waals surface area contributed by atoms with E-state index in [-0.39, 0.29) is 7.43 Å². The van der Waals surface area contributed by atoms with Crippen molar-refractivity contribution in [3.8, 4) is 0 Å². The summed E-state index contributed by atoms with van der Waals surface area (Å²) in [6, 6.07) is 9.87. The van der Waals surface area contributed by atoms with Crippen LogP contribution in [-0.4, -0.2) is 4.55 Å². The maximum Gasteiger partial charge on any atom is 0.0446 e. The molecule has 2 heteroatoms. The third-order valence-corrected chi connectivity index (χ3v) is 1.54. The van der Waals surface area contributed by atoms with Gasteiger partial charge in [-0.1, -0.05) is 51.6 Å². The van der Waals surface area contributed by atoms with Gasteiger partial charge in [0.2, 0.25) is 0 Å². The predicted octanol–water partition coefficient (Wildman–Crippen LogP) is 4.06. The Morgan fingerprint density at radius 1 is 1.17 bits per heavy atom. The molecule has 1 nitrogen and oxygen atoms in total. The van der Waals surface area contributed by atoms with Crippen LogP contribution in [0.4, 0.5) is 0 Å². The van der Waals surface area contributed by atoms with Gasteiger partial charge in [0, 0.05) is 5.75 Å². The van der Waals surface area contributed by atoms with Gasteiger partial charge in [-0.05, 0) is 17.6 Å². The van der Waals surface area contributed by atoms with Crippen LogP contribution in [0.5, 0.6) is 0 Å². The monoisotopic (exact) mass is 186 g/mol. The van der Waals surface area contributed by atoms with E-state index in [0.29, 0.717) is 5.75 Å². The zero-order valence-corrected chi connectivity index (χ0v) is 7.77. The molecule has 1 aromatic rings. The summed E-state index contributed by atoms with van der Waals surface area (Å²) in [7, 11) is 0. The Labute approximate surface area is 80.0 Å². The van der Waals surface area contributed by atoms with Crippen LogP contribution >= 0.6 is 12.0 Å². The molecule has 0 spiro atoms. The molecule has 1 N–H and O–H groups in total. The highest BCUT2D eigenvalue weighted by Gasteiger charge is 1.86. The van der Waals surface area contributed by atoms with Gasteiger partial charge in [0.05, 0.1) is 0 Å². The average Bonchev–Trinajstić information content (AvgIpc) is 2.11. The van der Waals surface area contributed by atoms with Crippen molar-refractivity contribution in [1.29, 1.82) is 0 Å². The van der Waals surface area contributed by atoms with Crippen molar-refractivity contribution in [2.24, 2.45) is 0 Å². The van der Waals surface area contributed by atoms with E-state index in [9.17, 15) is 0 Å². The summed E-state index contributed by atoms with van der Waals surface area (Å²) in [6.45, 7) is 4.00. The Hall–Kier alpha value is -0.470. The minimum Gasteiger partial charge on any atom is -0.330 e. The van der Waals surface area contributed by atoms with Crippen molar-refractivity contribution >= 4 is 12.0 Å². The topological polar surface area (TPSA) is 20.2 Å². The second-order valence-electron chi connectivity index (χ2n) is 1.76. The summed E-state index contributed by atoms with van der Waals surface area (Å²) >= 11 is 0.855. The number of benzene rings is 1. The summed E-state index contributed by atoms with van der Waals surface area (Å²) in [4.78, 5) is 0. The molecule has 1 rings (SSSR count). The van der Waals surface area contributed by atoms with E-state index in [1.54, 1.807) is 0 Å². The number of hydrogen-bond acceptors (Lipinski definition) is 2. The number of hydrogen-bond donors (Lipinski definition) is 1. The second-order valence-corrected chi connectivity index (χ2v) is 2.31. The normalized spacial score (nSPS) is 7.58. The van der Waals surface area contributed by atoms with Crippen LogP contribution in [0.15, 0.2) is 30.3 Å². The Morgan fingerprint density at radius 2 is 1.67 bits per heavy atom. The molecule has 0 radical (unpaired) electrons. The fourth-order valence-electron chi connectivity index (χ4n) is 0.649. The molecular formula is C10H18OS. The first-order chi connectivity index (χ1) is 5.43. The van der Waals surface area contributed by atoms with Crippen LogP contribution in [-0.2, 0) is 5.75 Å². The Morgan fingerprint density at radius 3 is 2.08 bits per heavy atom. The third kappa shape index (κ3) is 6.25. The lowest BCUT2D eigenvalue weighted by molar-refractivity contribution is 0.663. The molecule has 0 aliphatic heterocycles. The van der Waals surface area contributed by atoms with E-state index >= 15 is 0 Å². The van der Waals surface area contributed by atoms with Crippen LogP contribution in [0.25, 0.3) is 0 Å². The molecule has 0 unspecified atom stereocenters. The molecule has 12 heavy (non-hydrogen) atoms. The van der Waals surface area contributed by atoms with Crippen molar-refractivity contribution < 1.29 is 4.55 Å². The lowest BCUT2D eigenvalue weighted by atomic mass is 10.2. The Bertz CT molecular complexity index is 163. The van der Waals surface area contributed by atoms with Crippen molar-refractivity contribution in [2.75, 3.05) is 0 Å². The highest BCUT2D eigenvalue weighted by atomic mass is 32.2. The summed E-state index contributed by atoms with van der Waals surface area (Å²) in [5.41, 5.74) is 1.16. The Balaban J connectivity index is 0. The molecule has 0 aliphatic rings. The van der Waals surface area contributed by atoms with Crippen LogP contribution < -0.4 is 0 Å². The van der Waals surface area contributed by atoms with Crippen LogP contribution in [0.2, 0.25) is 0 Å². The quantitative estimate of drug-likeness (QED) is 0.703. The van der Waals surface area contributed by atoms with Gasteiger partial charge in [-0.3, -0.25) is 0 Å². The Kier molecular flexibility index (Phi) is 12.4. The van der Waals surface area contributed by atoms with E-state index in [4.69, 9.17) is 4.55 Å². The molecule has 0 heterocycles. The first-order valence-corrected chi connectivity index (χ1v) is 4.68. The van der Waals surface area contributed by atoms with Crippen molar-refractivity contribution in [2.45, 2.75) is 27.0 Å². The minimum atomic E-state index is 0. The third-order valence-electron chi connectivity index (χ3n) is 1.07. The molecule has 0 saturated carbocycles. The highest BCUT2D eigenvalue weighted by Crippen LogP contribution is 2.06. The predicted molar refractivity (Wildman–Crippen MR) is 58.4 cm³/mol. The fraction of sp³-hybridized carbons (Fsp3) is 0.400. The van der Waals surface area contributed by atoms with Gasteiger partial charge >= 0.3 is 0 Å². The molecule has 0 atom stereocenters. The van der Waals surface area contributed by atoms with E-state index < -0.39 is 0 Å². The maximum atomic E-state index is 8.44. The molecular weight excluding hydrogens is 168 g/mol. The van der Waals surface area contributed by atoms with E-state index in [0.717, 1.165) is 17.6 Å². The molecule has 0 fully saturated rings. The lowest BCUT2D eigenvalue weighted by Gasteiger charge is -1.92. The van der Waals surface area contributed by atoms with Crippen LogP contribution in [0.1, 0.15) is 26.8 Å². The summed E-state index contributed by atoms with van der Waals surface area (Å²) in [6.07, 6.45) is 0. The molecule has 0 saturated heterocycles. The fourth-order valence-corrected chi connectivity index (χ4v) is 0.990. The molecule has 0 aliphatic carbocycles. The van der Waals surface area contributed by atoms with Crippen molar-refractivity contribution in [3.63, 3.8) is 0 Å². The van der Waals surface area contributed by atoms with Crippen molar-refractivity contribution in [1.82, 2.24) is 0 Å². The number of rotatable bonds is 2. The van der Waals surface area contributed by atoms with Crippen LogP contribution in [0, 0.1) is 0 Å². The van der Waals surface area contributed by atoms with Gasteiger partial charge in [0.1, 0.15) is 0 Å². The SMILES string of the molecule is C.CC.OSCc1ccccc1. The minimum absolute atomic E-state index is 0. The molecule has 70 valence electrons. The van der Waals surface area contributed by atoms with Gasteiger partial charge < -0.3 is 4.55 Å². The van der Waals surface area contributed by atoms with E-state index in [2.05, 4.69) is 0 Å². The van der Waals surface area contributed by atoms with Crippen molar-refractivity contribution in [3.05, 3.63) is 35.9 Å². The van der Waals surface area contributed by atoms with Gasteiger partial charge in [-0.2, -0.15) is 0 Å². The average molecular weight is 186 g/mol. The van der Waals surface area contributed by atoms with Gasteiger partial charge in [0.25, 0.3) is 0 Å².